The summed E-state index contributed by atoms with van der Waals surface area (Å²) >= 11 is 9.07. The van der Waals surface area contributed by atoms with Crippen LogP contribution in [0.5, 0.6) is 0 Å². The summed E-state index contributed by atoms with van der Waals surface area (Å²) in [4.78, 5) is 7.95. The number of hydrogen-bond acceptors (Lipinski definition) is 4. The Kier molecular flexibility index (Phi) is 4.00. The molecule has 2 unspecified atom stereocenters. The minimum Gasteiger partial charge on any atom is -0.393 e. The van der Waals surface area contributed by atoms with Gasteiger partial charge < -0.3 is 10.4 Å². The molecule has 0 aromatic carbocycles. The van der Waals surface area contributed by atoms with Gasteiger partial charge in [0.25, 0.3) is 0 Å². The van der Waals surface area contributed by atoms with Crippen LogP contribution in [0.15, 0.2) is 10.7 Å². The van der Waals surface area contributed by atoms with E-state index in [-0.39, 0.29) is 11.4 Å². The van der Waals surface area contributed by atoms with Gasteiger partial charge in [0.05, 0.1) is 10.6 Å². The molecule has 1 aliphatic carbocycles. The predicted octanol–water partition coefficient (Wildman–Crippen LogP) is 2.47. The molecule has 0 saturated heterocycles. The fraction of sp³-hybridized carbons (Fsp3) is 0.600. The quantitative estimate of drug-likeness (QED) is 0.842. The molecular formula is C10H13BrClN3O. The van der Waals surface area contributed by atoms with Crippen molar-refractivity contribution in [2.24, 2.45) is 5.92 Å². The highest BCUT2D eigenvalue weighted by Crippen LogP contribution is 2.27. The maximum atomic E-state index is 9.41. The Balaban J connectivity index is 1.91. The van der Waals surface area contributed by atoms with Crippen molar-refractivity contribution in [3.05, 3.63) is 16.0 Å². The van der Waals surface area contributed by atoms with E-state index in [4.69, 9.17) is 11.6 Å². The van der Waals surface area contributed by atoms with Gasteiger partial charge >= 0.3 is 0 Å². The minimum atomic E-state index is -0.135. The molecule has 1 aromatic rings. The van der Waals surface area contributed by atoms with Crippen molar-refractivity contribution in [2.45, 2.75) is 25.4 Å². The van der Waals surface area contributed by atoms with Crippen LogP contribution >= 0.6 is 27.5 Å². The summed E-state index contributed by atoms with van der Waals surface area (Å²) in [5, 5.41) is 12.9. The fourth-order valence-electron chi connectivity index (χ4n) is 1.94. The van der Waals surface area contributed by atoms with Crippen LogP contribution in [0.1, 0.15) is 19.3 Å². The topological polar surface area (TPSA) is 58.0 Å². The van der Waals surface area contributed by atoms with E-state index in [2.05, 4.69) is 31.2 Å². The third-order valence-electron chi connectivity index (χ3n) is 2.79. The first kappa shape index (κ1) is 12.1. The third kappa shape index (κ3) is 3.06. The molecule has 2 N–H and O–H groups in total. The van der Waals surface area contributed by atoms with Crippen LogP contribution in [-0.4, -0.2) is 27.7 Å². The Morgan fingerprint density at radius 2 is 2.38 bits per heavy atom. The van der Waals surface area contributed by atoms with Gasteiger partial charge in [0.2, 0.25) is 5.28 Å². The Labute approximate surface area is 108 Å². The average Bonchev–Trinajstić information content (AvgIpc) is 2.66. The summed E-state index contributed by atoms with van der Waals surface area (Å²) in [7, 11) is 0. The van der Waals surface area contributed by atoms with Gasteiger partial charge in [0.15, 0.2) is 0 Å². The summed E-state index contributed by atoms with van der Waals surface area (Å²) in [6.45, 7) is 0.809. The molecular weight excluding hydrogens is 293 g/mol. The first-order valence-corrected chi connectivity index (χ1v) is 6.42. The largest absolute Gasteiger partial charge is 0.393 e. The molecule has 2 rings (SSSR count). The summed E-state index contributed by atoms with van der Waals surface area (Å²) in [6, 6.07) is 0. The van der Waals surface area contributed by atoms with Gasteiger partial charge in [-0.3, -0.25) is 0 Å². The van der Waals surface area contributed by atoms with Crippen LogP contribution in [0.25, 0.3) is 0 Å². The highest BCUT2D eigenvalue weighted by Gasteiger charge is 2.22. The summed E-state index contributed by atoms with van der Waals surface area (Å²) in [6.07, 6.45) is 4.32. The smallest absolute Gasteiger partial charge is 0.224 e. The van der Waals surface area contributed by atoms with Crippen molar-refractivity contribution in [1.29, 1.82) is 0 Å². The van der Waals surface area contributed by atoms with E-state index in [0.717, 1.165) is 30.3 Å². The van der Waals surface area contributed by atoms with Gasteiger partial charge in [-0.05, 0) is 52.7 Å². The van der Waals surface area contributed by atoms with Crippen molar-refractivity contribution < 1.29 is 5.11 Å². The van der Waals surface area contributed by atoms with Gasteiger partial charge in [-0.15, -0.1) is 0 Å². The summed E-state index contributed by atoms with van der Waals surface area (Å²) < 4.78 is 0.801. The van der Waals surface area contributed by atoms with Crippen molar-refractivity contribution in [3.63, 3.8) is 0 Å². The van der Waals surface area contributed by atoms with Crippen LogP contribution in [-0.2, 0) is 0 Å². The van der Waals surface area contributed by atoms with E-state index in [9.17, 15) is 5.11 Å². The number of rotatable bonds is 3. The molecule has 16 heavy (non-hydrogen) atoms. The molecule has 4 nitrogen and oxygen atoms in total. The number of nitrogens with one attached hydrogen (secondary N) is 1. The van der Waals surface area contributed by atoms with E-state index < -0.39 is 0 Å². The maximum absolute atomic E-state index is 9.41. The molecule has 0 aliphatic heterocycles. The van der Waals surface area contributed by atoms with Gasteiger partial charge in [-0.1, -0.05) is 0 Å². The van der Waals surface area contributed by atoms with Crippen molar-refractivity contribution in [2.75, 3.05) is 11.9 Å². The molecule has 1 saturated carbocycles. The number of hydrogen-bond donors (Lipinski definition) is 2. The standard InChI is InChI=1S/C10H13BrClN3O/c11-8-5-14-10(12)15-9(8)13-4-6-1-2-7(16)3-6/h5-7,16H,1-4H2,(H,13,14,15). The van der Waals surface area contributed by atoms with Gasteiger partial charge in [-0.2, -0.15) is 4.98 Å². The van der Waals surface area contributed by atoms with Crippen molar-refractivity contribution in [1.82, 2.24) is 9.97 Å². The molecule has 1 heterocycles. The number of anilines is 1. The van der Waals surface area contributed by atoms with Gasteiger partial charge in [-0.25, -0.2) is 4.98 Å². The molecule has 88 valence electrons. The highest BCUT2D eigenvalue weighted by molar-refractivity contribution is 9.10. The lowest BCUT2D eigenvalue weighted by molar-refractivity contribution is 0.178. The zero-order valence-corrected chi connectivity index (χ0v) is 11.0. The first-order chi connectivity index (χ1) is 7.65. The van der Waals surface area contributed by atoms with E-state index in [1.54, 1.807) is 6.20 Å². The predicted molar refractivity (Wildman–Crippen MR) is 66.6 cm³/mol. The lowest BCUT2D eigenvalue weighted by atomic mass is 10.1. The maximum Gasteiger partial charge on any atom is 0.224 e. The summed E-state index contributed by atoms with van der Waals surface area (Å²) in [5.74, 6) is 1.22. The highest BCUT2D eigenvalue weighted by atomic mass is 79.9. The Morgan fingerprint density at radius 1 is 1.56 bits per heavy atom. The van der Waals surface area contributed by atoms with Crippen molar-refractivity contribution >= 4 is 33.3 Å². The van der Waals surface area contributed by atoms with Crippen LogP contribution in [0.4, 0.5) is 5.82 Å². The second-order valence-corrected chi connectivity index (χ2v) is 5.24. The fourth-order valence-corrected chi connectivity index (χ4v) is 2.41. The zero-order chi connectivity index (χ0) is 11.5. The lowest BCUT2D eigenvalue weighted by Crippen LogP contribution is -2.13. The molecule has 2 atom stereocenters. The van der Waals surface area contributed by atoms with Crippen LogP contribution < -0.4 is 5.32 Å². The SMILES string of the molecule is OC1CCC(CNc2nc(Cl)ncc2Br)C1. The molecule has 0 bridgehead atoms. The zero-order valence-electron chi connectivity index (χ0n) is 8.66. The molecule has 6 heteroatoms. The monoisotopic (exact) mass is 305 g/mol. The molecule has 1 aromatic heterocycles. The van der Waals surface area contributed by atoms with E-state index in [1.165, 1.54) is 0 Å². The number of aliphatic hydroxyl groups excluding tert-OH is 1. The molecule has 0 amide bonds. The summed E-state index contributed by atoms with van der Waals surface area (Å²) in [5.41, 5.74) is 0. The van der Waals surface area contributed by atoms with Crippen LogP contribution in [0.3, 0.4) is 0 Å². The van der Waals surface area contributed by atoms with Gasteiger partial charge in [0, 0.05) is 12.7 Å². The second-order valence-electron chi connectivity index (χ2n) is 4.05. The van der Waals surface area contributed by atoms with E-state index in [0.29, 0.717) is 11.7 Å². The number of nitrogens with zero attached hydrogens (tertiary/aromatic N) is 2. The van der Waals surface area contributed by atoms with Crippen molar-refractivity contribution in [3.8, 4) is 0 Å². The normalized spacial score (nSPS) is 24.7. The lowest BCUT2D eigenvalue weighted by Gasteiger charge is -2.12. The molecule has 0 radical (unpaired) electrons. The van der Waals surface area contributed by atoms with E-state index in [1.807, 2.05) is 0 Å². The Hall–Kier alpha value is -0.390. The molecule has 0 spiro atoms. The molecule has 1 aliphatic rings. The molecule has 1 fully saturated rings. The Morgan fingerprint density at radius 3 is 3.06 bits per heavy atom. The van der Waals surface area contributed by atoms with Crippen LogP contribution in [0, 0.1) is 5.92 Å². The second kappa shape index (κ2) is 5.29. The van der Waals surface area contributed by atoms with E-state index >= 15 is 0 Å². The minimum absolute atomic E-state index is 0.135. The Bertz CT molecular complexity index is 377. The van der Waals surface area contributed by atoms with Crippen LogP contribution in [0.2, 0.25) is 5.28 Å². The number of aromatic nitrogens is 2. The number of aliphatic hydroxyl groups is 1. The van der Waals surface area contributed by atoms with Gasteiger partial charge in [0.1, 0.15) is 5.82 Å². The average molecular weight is 307 g/mol. The number of halogens is 2. The third-order valence-corrected chi connectivity index (χ3v) is 3.55. The first-order valence-electron chi connectivity index (χ1n) is 5.25.